The third kappa shape index (κ3) is 11.1. The topological polar surface area (TPSA) is 190 Å². The van der Waals surface area contributed by atoms with E-state index in [0.29, 0.717) is 5.02 Å². The lowest BCUT2D eigenvalue weighted by Crippen LogP contribution is -2.48. The third-order valence-corrected chi connectivity index (χ3v) is 6.41. The van der Waals surface area contributed by atoms with Crippen molar-refractivity contribution in [2.45, 2.75) is 58.9 Å². The maximum atomic E-state index is 13.2. The van der Waals surface area contributed by atoms with Crippen molar-refractivity contribution >= 4 is 35.5 Å². The lowest BCUT2D eigenvalue weighted by Gasteiger charge is -2.24. The van der Waals surface area contributed by atoms with E-state index >= 15 is 0 Å². The van der Waals surface area contributed by atoms with Crippen molar-refractivity contribution in [2.75, 3.05) is 13.3 Å². The highest BCUT2D eigenvalue weighted by Gasteiger charge is 2.29. The molecule has 46 heavy (non-hydrogen) atoms. The predicted octanol–water partition coefficient (Wildman–Crippen LogP) is 4.02. The van der Waals surface area contributed by atoms with Crippen molar-refractivity contribution in [2.24, 2.45) is 5.92 Å². The molecule has 1 aromatic heterocycles. The van der Waals surface area contributed by atoms with Crippen molar-refractivity contribution in [3.63, 3.8) is 0 Å². The van der Waals surface area contributed by atoms with Crippen LogP contribution in [0.2, 0.25) is 5.02 Å². The quantitative estimate of drug-likeness (QED) is 0.111. The highest BCUT2D eigenvalue weighted by Crippen LogP contribution is 2.23. The summed E-state index contributed by atoms with van der Waals surface area (Å²) in [6.45, 7) is 7.32. The van der Waals surface area contributed by atoms with Gasteiger partial charge in [0, 0.05) is 11.6 Å². The number of rotatable bonds is 14. The number of nitrogens with zero attached hydrogens (tertiary/aromatic N) is 2. The first-order valence-corrected chi connectivity index (χ1v) is 14.6. The zero-order valence-electron chi connectivity index (χ0n) is 26.0. The van der Waals surface area contributed by atoms with Gasteiger partial charge in [-0.3, -0.25) is 9.80 Å². The molecule has 2 aromatic carbocycles. The van der Waals surface area contributed by atoms with Crippen LogP contribution in [0, 0.1) is 5.92 Å². The Balaban J connectivity index is 1.60. The number of ether oxygens (including phenoxy) is 3. The zero-order chi connectivity index (χ0) is 34.0. The van der Waals surface area contributed by atoms with Crippen LogP contribution < -0.4 is 15.5 Å². The molecule has 1 heterocycles. The van der Waals surface area contributed by atoms with Gasteiger partial charge < -0.3 is 34.3 Å². The average Bonchev–Trinajstić information content (AvgIpc) is 3.45. The molecule has 248 valence electrons. The van der Waals surface area contributed by atoms with Crippen molar-refractivity contribution in [3.8, 4) is 17.0 Å². The van der Waals surface area contributed by atoms with Gasteiger partial charge in [0.2, 0.25) is 12.6 Å². The Hall–Kier alpha value is -4.66. The van der Waals surface area contributed by atoms with Crippen LogP contribution >= 0.6 is 11.6 Å². The Morgan fingerprint density at radius 3 is 2.35 bits per heavy atom. The number of aromatic nitrogens is 1. The number of amides is 2. The number of hydrogen-bond donors (Lipinski definition) is 4. The fraction of sp³-hybridized carbons (Fsp3) is 0.387. The van der Waals surface area contributed by atoms with Gasteiger partial charge in [0.1, 0.15) is 11.6 Å². The summed E-state index contributed by atoms with van der Waals surface area (Å²) in [5.41, 5.74) is 4.63. The molecular formula is C31H37ClN4O10. The highest BCUT2D eigenvalue weighted by molar-refractivity contribution is 6.30. The Kier molecular flexibility index (Phi) is 12.5. The number of aliphatic hydroxyl groups is 1. The Morgan fingerprint density at radius 1 is 1.04 bits per heavy atom. The summed E-state index contributed by atoms with van der Waals surface area (Å²) in [5.74, 6) is -4.08. The predicted molar refractivity (Wildman–Crippen MR) is 164 cm³/mol. The van der Waals surface area contributed by atoms with E-state index in [1.165, 1.54) is 0 Å². The lowest BCUT2D eigenvalue weighted by molar-refractivity contribution is -0.154. The number of carbonyl (C=O) groups is 4. The molecule has 0 saturated carbocycles. The number of nitrogens with one attached hydrogen (secondary N) is 2. The summed E-state index contributed by atoms with van der Waals surface area (Å²) >= 11 is 6.08. The first-order chi connectivity index (χ1) is 21.6. The number of carboxylic acid groups (broad SMARTS) is 1. The smallest absolute Gasteiger partial charge is 0.408 e. The zero-order valence-corrected chi connectivity index (χ0v) is 26.7. The number of benzene rings is 2. The van der Waals surface area contributed by atoms with Gasteiger partial charge in [-0.2, -0.15) is 0 Å². The van der Waals surface area contributed by atoms with Crippen molar-refractivity contribution in [1.29, 1.82) is 0 Å². The summed E-state index contributed by atoms with van der Waals surface area (Å²) in [7, 11) is 0. The summed E-state index contributed by atoms with van der Waals surface area (Å²) in [6, 6.07) is 14.8. The molecule has 0 fully saturated rings. The van der Waals surface area contributed by atoms with Gasteiger partial charge in [0.25, 0.3) is 5.88 Å². The fourth-order valence-corrected chi connectivity index (χ4v) is 4.06. The maximum Gasteiger partial charge on any atom is 0.408 e. The molecule has 4 N–H and O–H groups in total. The number of carbonyl (C=O) groups excluding carboxylic acids is 3. The number of esters is 1. The van der Waals surface area contributed by atoms with E-state index in [9.17, 15) is 29.4 Å². The number of alkyl carbamates (subject to hydrolysis) is 1. The number of aliphatic hydroxyl groups excluding tert-OH is 1. The second-order valence-electron chi connectivity index (χ2n) is 11.4. The van der Waals surface area contributed by atoms with Crippen LogP contribution in [0.1, 0.15) is 50.7 Å². The van der Waals surface area contributed by atoms with Gasteiger partial charge in [-0.1, -0.05) is 61.8 Å². The monoisotopic (exact) mass is 660 g/mol. The number of carboxylic acids is 1. The number of hydrazine groups is 1. The van der Waals surface area contributed by atoms with E-state index in [1.807, 2.05) is 42.5 Å². The fourth-order valence-electron chi connectivity index (χ4n) is 3.87. The summed E-state index contributed by atoms with van der Waals surface area (Å²) in [5, 5.41) is 26.7. The summed E-state index contributed by atoms with van der Waals surface area (Å²) in [4.78, 5) is 49.2. The van der Waals surface area contributed by atoms with E-state index in [-0.39, 0.29) is 24.1 Å². The highest BCUT2D eigenvalue weighted by atomic mass is 35.5. The van der Waals surface area contributed by atoms with Crippen molar-refractivity contribution in [3.05, 3.63) is 70.9 Å². The number of halogens is 1. The van der Waals surface area contributed by atoms with Crippen LogP contribution in [0.25, 0.3) is 11.1 Å². The van der Waals surface area contributed by atoms with Gasteiger partial charge >= 0.3 is 23.9 Å². The van der Waals surface area contributed by atoms with Crippen LogP contribution in [0.3, 0.4) is 0 Å². The van der Waals surface area contributed by atoms with E-state index < -0.39 is 55.0 Å². The second-order valence-corrected chi connectivity index (χ2v) is 11.9. The molecule has 3 rings (SSSR count). The van der Waals surface area contributed by atoms with Crippen LogP contribution in [0.4, 0.5) is 4.79 Å². The second kappa shape index (κ2) is 16.1. The minimum absolute atomic E-state index is 0.0930. The average molecular weight is 661 g/mol. The largest absolute Gasteiger partial charge is 0.479 e. The molecule has 0 aliphatic heterocycles. The van der Waals surface area contributed by atoms with Gasteiger partial charge in [0.15, 0.2) is 6.10 Å². The van der Waals surface area contributed by atoms with Crippen LogP contribution in [0.15, 0.2) is 59.1 Å². The maximum absolute atomic E-state index is 13.2. The molecule has 0 aliphatic rings. The first kappa shape index (κ1) is 35.8. The number of aliphatic carboxylic acids is 1. The molecule has 14 nitrogen and oxygen atoms in total. The molecule has 0 aliphatic carbocycles. The Labute approximate surface area is 270 Å². The molecular weight excluding hydrogens is 624 g/mol. The molecule has 0 bridgehead atoms. The minimum atomic E-state index is -1.90. The molecule has 0 saturated heterocycles. The molecule has 15 heteroatoms. The minimum Gasteiger partial charge on any atom is -0.479 e. The van der Waals surface area contributed by atoms with E-state index in [4.69, 9.17) is 30.3 Å². The van der Waals surface area contributed by atoms with Gasteiger partial charge in [-0.05, 0) is 60.7 Å². The molecule has 3 aromatic rings. The van der Waals surface area contributed by atoms with Crippen LogP contribution in [-0.4, -0.2) is 75.4 Å². The molecule has 0 spiro atoms. The lowest BCUT2D eigenvalue weighted by atomic mass is 10.0. The van der Waals surface area contributed by atoms with Crippen LogP contribution in [-0.2, 0) is 25.6 Å². The molecule has 2 atom stereocenters. The molecule has 0 radical (unpaired) electrons. The van der Waals surface area contributed by atoms with E-state index in [0.717, 1.165) is 27.8 Å². The summed E-state index contributed by atoms with van der Waals surface area (Å²) < 4.78 is 20.6. The van der Waals surface area contributed by atoms with E-state index in [1.54, 1.807) is 40.7 Å². The standard InChI is InChI=1S/C31H37ClN4O10/c1-18(2)26(34-30(42)45-31(3,4)5)29(41)44-17-43-25-14-24(46-35-25)27(38)36(16-23(37)28(39)40)33-15-19-9-11-20(12-10-19)21-7-6-8-22(32)13-21/h6-14,18,23,26,33,37H,15-17H2,1-5H3,(H,34,42)(H,39,40). The van der Waals surface area contributed by atoms with Crippen molar-refractivity contribution in [1.82, 2.24) is 20.9 Å². The normalized spacial score (nSPS) is 12.6. The Bertz CT molecular complexity index is 1500. The van der Waals surface area contributed by atoms with E-state index in [2.05, 4.69) is 15.9 Å². The van der Waals surface area contributed by atoms with Gasteiger partial charge in [-0.15, -0.1) is 0 Å². The third-order valence-electron chi connectivity index (χ3n) is 6.17. The summed E-state index contributed by atoms with van der Waals surface area (Å²) in [6.07, 6.45) is -2.69. The van der Waals surface area contributed by atoms with Gasteiger partial charge in [-0.25, -0.2) is 19.8 Å². The molecule has 2 unspecified atom stereocenters. The first-order valence-electron chi connectivity index (χ1n) is 14.2. The number of hydrogen-bond acceptors (Lipinski definition) is 11. The molecule has 2 amide bonds. The van der Waals surface area contributed by atoms with Crippen LogP contribution in [0.5, 0.6) is 5.88 Å². The van der Waals surface area contributed by atoms with Crippen molar-refractivity contribution < 1.29 is 48.1 Å². The Morgan fingerprint density at radius 2 is 1.74 bits per heavy atom. The SMILES string of the molecule is CC(C)C(NC(=O)OC(C)(C)C)C(=O)OCOc1cc(C(=O)N(CC(O)C(=O)O)NCc2ccc(-c3cccc(Cl)c3)cc2)on1. The van der Waals surface area contributed by atoms with Gasteiger partial charge in [0.05, 0.1) is 12.6 Å².